The van der Waals surface area contributed by atoms with Gasteiger partial charge in [0.15, 0.2) is 0 Å². The first-order valence-electron chi connectivity index (χ1n) is 6.04. The molecule has 4 heteroatoms. The zero-order valence-electron chi connectivity index (χ0n) is 10.2. The van der Waals surface area contributed by atoms with Gasteiger partial charge in [0.2, 0.25) is 0 Å². The summed E-state index contributed by atoms with van der Waals surface area (Å²) in [7, 11) is 2.14. The van der Waals surface area contributed by atoms with Gasteiger partial charge in [0.05, 0.1) is 0 Å². The van der Waals surface area contributed by atoms with Gasteiger partial charge in [0.1, 0.15) is 6.67 Å². The summed E-state index contributed by atoms with van der Waals surface area (Å²) in [5.74, 6) is 0. The summed E-state index contributed by atoms with van der Waals surface area (Å²) in [5.41, 5.74) is 2.07. The van der Waals surface area contributed by atoms with Crippen LogP contribution in [0.1, 0.15) is 0 Å². The minimum atomic E-state index is -0.355. The molecule has 1 saturated heterocycles. The van der Waals surface area contributed by atoms with Gasteiger partial charge in [-0.25, -0.2) is 4.39 Å². The fraction of sp³-hybridized carbons (Fsp3) is 0.538. The third-order valence-electron chi connectivity index (χ3n) is 3.06. The zero-order valence-corrected chi connectivity index (χ0v) is 10.2. The second-order valence-corrected chi connectivity index (χ2v) is 4.37. The maximum atomic E-state index is 12.1. The van der Waals surface area contributed by atoms with Crippen LogP contribution >= 0.6 is 0 Å². The molecule has 0 unspecified atom stereocenters. The lowest BCUT2D eigenvalue weighted by atomic mass is 10.2. The van der Waals surface area contributed by atoms with Gasteiger partial charge in [-0.2, -0.15) is 0 Å². The van der Waals surface area contributed by atoms with Crippen molar-refractivity contribution in [3.63, 3.8) is 0 Å². The van der Waals surface area contributed by atoms with E-state index in [0.717, 1.165) is 31.9 Å². The number of piperazine rings is 1. The molecule has 1 heterocycles. The van der Waals surface area contributed by atoms with Gasteiger partial charge in [0, 0.05) is 50.2 Å². The minimum Gasteiger partial charge on any atom is -0.382 e. The van der Waals surface area contributed by atoms with E-state index in [4.69, 9.17) is 0 Å². The first-order chi connectivity index (χ1) is 8.29. The molecule has 17 heavy (non-hydrogen) atoms. The van der Waals surface area contributed by atoms with Crippen molar-refractivity contribution in [1.29, 1.82) is 0 Å². The highest BCUT2D eigenvalue weighted by molar-refractivity contribution is 5.57. The Kier molecular flexibility index (Phi) is 4.20. The number of anilines is 2. The van der Waals surface area contributed by atoms with E-state index in [1.165, 1.54) is 5.69 Å². The number of alkyl halides is 1. The van der Waals surface area contributed by atoms with Crippen molar-refractivity contribution in [2.24, 2.45) is 0 Å². The Bertz CT molecular complexity index is 348. The van der Waals surface area contributed by atoms with Gasteiger partial charge in [-0.15, -0.1) is 0 Å². The average molecular weight is 236 g/mol. The molecule has 0 saturated carbocycles. The fourth-order valence-electron chi connectivity index (χ4n) is 2.00. The Balaban J connectivity index is 2.00. The van der Waals surface area contributed by atoms with Gasteiger partial charge in [-0.05, 0) is 19.2 Å². The lowest BCUT2D eigenvalue weighted by molar-refractivity contribution is 0.313. The molecule has 0 aromatic heterocycles. The van der Waals surface area contributed by atoms with Crippen LogP contribution in [0.5, 0.6) is 0 Å². The summed E-state index contributed by atoms with van der Waals surface area (Å²) in [6, 6.07) is 9.08. The average Bonchev–Trinajstić information content (AvgIpc) is 2.37. The Hall–Kier alpha value is -1.29. The zero-order chi connectivity index (χ0) is 12.1. The molecule has 3 nitrogen and oxygen atoms in total. The van der Waals surface area contributed by atoms with Crippen LogP contribution in [0.4, 0.5) is 15.8 Å². The van der Waals surface area contributed by atoms with Crippen molar-refractivity contribution in [3.8, 4) is 0 Å². The fourth-order valence-corrected chi connectivity index (χ4v) is 2.00. The van der Waals surface area contributed by atoms with Crippen LogP contribution in [0.15, 0.2) is 18.2 Å². The smallest absolute Gasteiger partial charge is 0.107 e. The molecule has 1 aromatic rings. The Morgan fingerprint density at radius 3 is 2.82 bits per heavy atom. The predicted octanol–water partition coefficient (Wildman–Crippen LogP) is 1.62. The Morgan fingerprint density at radius 2 is 2.12 bits per heavy atom. The summed E-state index contributed by atoms with van der Waals surface area (Å²) >= 11 is 0. The highest BCUT2D eigenvalue weighted by Crippen LogP contribution is 2.20. The topological polar surface area (TPSA) is 18.5 Å². The van der Waals surface area contributed by atoms with Crippen LogP contribution in [0.25, 0.3) is 0 Å². The molecular formula is C13H19FN3. The molecule has 0 aliphatic carbocycles. The van der Waals surface area contributed by atoms with E-state index in [1.54, 1.807) is 0 Å². The molecule has 0 amide bonds. The highest BCUT2D eigenvalue weighted by atomic mass is 19.1. The highest BCUT2D eigenvalue weighted by Gasteiger charge is 2.14. The molecule has 1 aromatic carbocycles. The monoisotopic (exact) mass is 236 g/mol. The molecule has 93 valence electrons. The quantitative estimate of drug-likeness (QED) is 0.857. The molecule has 0 atom stereocenters. The number of rotatable bonds is 4. The second kappa shape index (κ2) is 5.87. The van der Waals surface area contributed by atoms with E-state index in [1.807, 2.05) is 12.1 Å². The molecule has 1 N–H and O–H groups in total. The third-order valence-corrected chi connectivity index (χ3v) is 3.06. The molecule has 1 fully saturated rings. The van der Waals surface area contributed by atoms with Crippen LogP contribution in [0.2, 0.25) is 0 Å². The van der Waals surface area contributed by atoms with Crippen LogP contribution in [0, 0.1) is 6.07 Å². The first kappa shape index (κ1) is 12.2. The maximum absolute atomic E-state index is 12.1. The van der Waals surface area contributed by atoms with Crippen molar-refractivity contribution >= 4 is 11.4 Å². The minimum absolute atomic E-state index is 0.350. The SMILES string of the molecule is CN1CCN(c2cc[c]c(NCCF)c2)CC1. The van der Waals surface area contributed by atoms with E-state index in [9.17, 15) is 4.39 Å². The second-order valence-electron chi connectivity index (χ2n) is 4.37. The number of nitrogens with zero attached hydrogens (tertiary/aromatic N) is 2. The molecular weight excluding hydrogens is 217 g/mol. The Morgan fingerprint density at radius 1 is 1.35 bits per heavy atom. The standard InChI is InChI=1S/C13H19FN3/c1-16-7-9-17(10-8-16)13-4-2-3-12(11-13)15-6-5-14/h2,4,11,15H,5-10H2,1H3. The van der Waals surface area contributed by atoms with Crippen LogP contribution in [0.3, 0.4) is 0 Å². The van der Waals surface area contributed by atoms with Crippen molar-refractivity contribution in [2.75, 3.05) is 56.7 Å². The van der Waals surface area contributed by atoms with E-state index >= 15 is 0 Å². The van der Waals surface area contributed by atoms with Crippen LogP contribution in [-0.4, -0.2) is 51.3 Å². The van der Waals surface area contributed by atoms with E-state index in [0.29, 0.717) is 6.54 Å². The predicted molar refractivity (Wildman–Crippen MR) is 69.5 cm³/mol. The maximum Gasteiger partial charge on any atom is 0.107 e. The van der Waals surface area contributed by atoms with Gasteiger partial charge >= 0.3 is 0 Å². The normalized spacial score (nSPS) is 17.2. The lowest BCUT2D eigenvalue weighted by Gasteiger charge is -2.34. The van der Waals surface area contributed by atoms with Crippen LogP contribution in [-0.2, 0) is 0 Å². The molecule has 0 spiro atoms. The first-order valence-corrected chi connectivity index (χ1v) is 6.04. The summed E-state index contributed by atoms with van der Waals surface area (Å²) in [6.07, 6.45) is 0. The van der Waals surface area contributed by atoms with Crippen LogP contribution < -0.4 is 10.2 Å². The van der Waals surface area contributed by atoms with E-state index in [2.05, 4.69) is 34.3 Å². The van der Waals surface area contributed by atoms with Gasteiger partial charge in [-0.1, -0.05) is 6.07 Å². The molecule has 1 aliphatic rings. The molecule has 1 radical (unpaired) electrons. The summed E-state index contributed by atoms with van der Waals surface area (Å²) < 4.78 is 12.1. The van der Waals surface area contributed by atoms with Gasteiger partial charge in [0.25, 0.3) is 0 Å². The van der Waals surface area contributed by atoms with Gasteiger partial charge < -0.3 is 15.1 Å². The third kappa shape index (κ3) is 3.33. The number of nitrogens with one attached hydrogen (secondary N) is 1. The summed E-state index contributed by atoms with van der Waals surface area (Å²) in [6.45, 7) is 4.26. The number of benzene rings is 1. The molecule has 1 aliphatic heterocycles. The molecule has 0 bridgehead atoms. The van der Waals surface area contributed by atoms with Crippen molar-refractivity contribution in [3.05, 3.63) is 24.3 Å². The van der Waals surface area contributed by atoms with Crippen molar-refractivity contribution in [1.82, 2.24) is 4.90 Å². The number of halogens is 1. The Labute approximate surface area is 102 Å². The number of hydrogen-bond acceptors (Lipinski definition) is 3. The van der Waals surface area contributed by atoms with Crippen molar-refractivity contribution < 1.29 is 4.39 Å². The van der Waals surface area contributed by atoms with Gasteiger partial charge in [-0.3, -0.25) is 0 Å². The van der Waals surface area contributed by atoms with E-state index < -0.39 is 0 Å². The molecule has 2 rings (SSSR count). The summed E-state index contributed by atoms with van der Waals surface area (Å²) in [4.78, 5) is 4.68. The largest absolute Gasteiger partial charge is 0.382 e. The van der Waals surface area contributed by atoms with E-state index in [-0.39, 0.29) is 6.67 Å². The number of hydrogen-bond donors (Lipinski definition) is 1. The van der Waals surface area contributed by atoms with Crippen molar-refractivity contribution in [2.45, 2.75) is 0 Å². The summed E-state index contributed by atoms with van der Waals surface area (Å²) in [5, 5.41) is 3.01. The number of likely N-dealkylation sites (N-methyl/N-ethyl adjacent to an activating group) is 1. The lowest BCUT2D eigenvalue weighted by Crippen LogP contribution is -2.44.